The number of halogens is 1. The van der Waals surface area contributed by atoms with Crippen molar-refractivity contribution in [3.63, 3.8) is 0 Å². The Hall–Kier alpha value is -2.52. The van der Waals surface area contributed by atoms with Gasteiger partial charge in [0.15, 0.2) is 0 Å². The van der Waals surface area contributed by atoms with Crippen LogP contribution in [0.3, 0.4) is 0 Å². The van der Waals surface area contributed by atoms with Crippen molar-refractivity contribution in [3.8, 4) is 5.75 Å². The Morgan fingerprint density at radius 3 is 2.60 bits per heavy atom. The van der Waals surface area contributed by atoms with Crippen LogP contribution < -0.4 is 14.8 Å². The lowest BCUT2D eigenvalue weighted by Crippen LogP contribution is -2.44. The summed E-state index contributed by atoms with van der Waals surface area (Å²) in [5.74, 6) is -0.106. The van der Waals surface area contributed by atoms with Crippen LogP contribution in [-0.2, 0) is 14.8 Å². The molecular weight excluding hydrogens is 409 g/mol. The van der Waals surface area contributed by atoms with Gasteiger partial charge in [0, 0.05) is 12.2 Å². The van der Waals surface area contributed by atoms with Gasteiger partial charge in [-0.2, -0.15) is 0 Å². The summed E-state index contributed by atoms with van der Waals surface area (Å²) in [6, 6.07) is 7.21. The van der Waals surface area contributed by atoms with Crippen LogP contribution in [0.1, 0.15) is 36.9 Å². The molecule has 1 aromatic carbocycles. The number of nitrogens with zero attached hydrogens (tertiary/aromatic N) is 1. The van der Waals surface area contributed by atoms with E-state index in [1.165, 1.54) is 19.1 Å². The number of carbonyl (C=O) groups excluding carboxylic acids is 1. The van der Waals surface area contributed by atoms with Gasteiger partial charge in [0.25, 0.3) is 0 Å². The first-order valence-corrected chi connectivity index (χ1v) is 11.4. The highest BCUT2D eigenvalue weighted by molar-refractivity contribution is 7.89. The average Bonchev–Trinajstić information content (AvgIpc) is 2.72. The Kier molecular flexibility index (Phi) is 7.04. The minimum absolute atomic E-state index is 0.0232. The quantitative estimate of drug-likeness (QED) is 0.697. The van der Waals surface area contributed by atoms with Crippen molar-refractivity contribution < 1.29 is 22.3 Å². The molecule has 9 heteroatoms. The molecule has 0 aliphatic heterocycles. The summed E-state index contributed by atoms with van der Waals surface area (Å²) < 4.78 is 46.2. The van der Waals surface area contributed by atoms with E-state index in [9.17, 15) is 17.6 Å². The van der Waals surface area contributed by atoms with Gasteiger partial charge in [0.05, 0.1) is 23.2 Å². The molecule has 2 N–H and O–H groups in total. The molecule has 1 aromatic heterocycles. The van der Waals surface area contributed by atoms with E-state index in [0.717, 1.165) is 43.2 Å². The van der Waals surface area contributed by atoms with Gasteiger partial charge in [0.2, 0.25) is 15.9 Å². The fourth-order valence-corrected chi connectivity index (χ4v) is 4.47. The Morgan fingerprint density at radius 1 is 1.20 bits per heavy atom. The molecule has 30 heavy (non-hydrogen) atoms. The number of sulfonamides is 1. The fraction of sp³-hybridized carbons (Fsp3) is 0.429. The molecule has 1 heterocycles. The third-order valence-corrected chi connectivity index (χ3v) is 6.55. The molecule has 0 saturated heterocycles. The van der Waals surface area contributed by atoms with Crippen molar-refractivity contribution >= 4 is 15.9 Å². The second-order valence-electron chi connectivity index (χ2n) is 7.48. The first kappa shape index (κ1) is 22.2. The van der Waals surface area contributed by atoms with E-state index in [4.69, 9.17) is 4.74 Å². The topological polar surface area (TPSA) is 97.4 Å². The van der Waals surface area contributed by atoms with E-state index >= 15 is 0 Å². The lowest BCUT2D eigenvalue weighted by atomic mass is 9.93. The van der Waals surface area contributed by atoms with Crippen molar-refractivity contribution in [2.24, 2.45) is 0 Å². The van der Waals surface area contributed by atoms with Gasteiger partial charge < -0.3 is 10.1 Å². The van der Waals surface area contributed by atoms with Crippen LogP contribution in [0, 0.1) is 19.7 Å². The molecule has 1 aliphatic carbocycles. The molecule has 0 atom stereocenters. The Labute approximate surface area is 176 Å². The molecule has 162 valence electrons. The van der Waals surface area contributed by atoms with E-state index in [-0.39, 0.29) is 29.1 Å². The first-order chi connectivity index (χ1) is 14.2. The molecule has 0 unspecified atom stereocenters. The summed E-state index contributed by atoms with van der Waals surface area (Å²) in [5, 5.41) is 2.87. The normalized spacial score (nSPS) is 19.3. The molecule has 1 fully saturated rings. The fourth-order valence-electron chi connectivity index (χ4n) is 3.41. The van der Waals surface area contributed by atoms with Crippen LogP contribution in [0.4, 0.5) is 4.39 Å². The zero-order valence-electron chi connectivity index (χ0n) is 17.0. The van der Waals surface area contributed by atoms with Crippen LogP contribution in [0.5, 0.6) is 5.75 Å². The average molecular weight is 436 g/mol. The molecule has 1 saturated carbocycles. The molecule has 0 bridgehead atoms. The Balaban J connectivity index is 1.44. The highest BCUT2D eigenvalue weighted by atomic mass is 32.2. The zero-order chi connectivity index (χ0) is 21.7. The van der Waals surface area contributed by atoms with Gasteiger partial charge in [-0.1, -0.05) is 0 Å². The van der Waals surface area contributed by atoms with E-state index in [1.54, 1.807) is 6.20 Å². The van der Waals surface area contributed by atoms with E-state index < -0.39 is 21.7 Å². The van der Waals surface area contributed by atoms with Crippen molar-refractivity contribution in [2.45, 2.75) is 56.6 Å². The number of rotatable bonds is 7. The van der Waals surface area contributed by atoms with Gasteiger partial charge in [-0.25, -0.2) is 17.5 Å². The smallest absolute Gasteiger partial charge is 0.241 e. The second kappa shape index (κ2) is 9.53. The molecule has 0 radical (unpaired) electrons. The molecule has 2 aromatic rings. The highest BCUT2D eigenvalue weighted by Gasteiger charge is 2.25. The highest BCUT2D eigenvalue weighted by Crippen LogP contribution is 2.25. The SMILES string of the molecule is Cc1cc(S(=O)(=O)NCC(=O)NC2CCC(Oc3cccnc3C)CC2)ccc1F. The van der Waals surface area contributed by atoms with Crippen molar-refractivity contribution in [1.29, 1.82) is 0 Å². The molecular formula is C21H26FN3O4S. The summed E-state index contributed by atoms with van der Waals surface area (Å²) in [6.07, 6.45) is 4.88. The van der Waals surface area contributed by atoms with Gasteiger partial charge in [-0.3, -0.25) is 9.78 Å². The number of aromatic nitrogens is 1. The number of nitrogens with one attached hydrogen (secondary N) is 2. The molecule has 3 rings (SSSR count). The second-order valence-corrected chi connectivity index (χ2v) is 9.25. The number of pyridine rings is 1. The third kappa shape index (κ3) is 5.76. The van der Waals surface area contributed by atoms with Gasteiger partial charge in [0.1, 0.15) is 11.6 Å². The molecule has 1 amide bonds. The number of hydrogen-bond acceptors (Lipinski definition) is 5. The first-order valence-electron chi connectivity index (χ1n) is 9.88. The number of benzene rings is 1. The molecule has 7 nitrogen and oxygen atoms in total. The van der Waals surface area contributed by atoms with Crippen molar-refractivity contribution in [2.75, 3.05) is 6.54 Å². The predicted molar refractivity (Wildman–Crippen MR) is 110 cm³/mol. The maximum Gasteiger partial charge on any atom is 0.241 e. The van der Waals surface area contributed by atoms with Crippen LogP contribution in [0.15, 0.2) is 41.4 Å². The lowest BCUT2D eigenvalue weighted by Gasteiger charge is -2.29. The number of hydrogen-bond donors (Lipinski definition) is 2. The van der Waals surface area contributed by atoms with E-state index in [1.807, 2.05) is 19.1 Å². The van der Waals surface area contributed by atoms with Crippen molar-refractivity contribution in [1.82, 2.24) is 15.0 Å². The van der Waals surface area contributed by atoms with Crippen LogP contribution in [-0.4, -0.2) is 38.0 Å². The Morgan fingerprint density at radius 2 is 1.93 bits per heavy atom. The van der Waals surface area contributed by atoms with Crippen LogP contribution >= 0.6 is 0 Å². The number of carbonyl (C=O) groups is 1. The predicted octanol–water partition coefficient (Wildman–Crippen LogP) is 2.62. The minimum Gasteiger partial charge on any atom is -0.489 e. The maximum atomic E-state index is 13.3. The van der Waals surface area contributed by atoms with Crippen LogP contribution in [0.2, 0.25) is 0 Å². The van der Waals surface area contributed by atoms with E-state index in [2.05, 4.69) is 15.0 Å². The monoisotopic (exact) mass is 435 g/mol. The van der Waals surface area contributed by atoms with E-state index in [0.29, 0.717) is 0 Å². The van der Waals surface area contributed by atoms with Gasteiger partial charge >= 0.3 is 0 Å². The summed E-state index contributed by atoms with van der Waals surface area (Å²) in [7, 11) is -3.89. The Bertz CT molecular complexity index is 1010. The molecule has 1 aliphatic rings. The largest absolute Gasteiger partial charge is 0.489 e. The summed E-state index contributed by atoms with van der Waals surface area (Å²) in [5.41, 5.74) is 1.07. The lowest BCUT2D eigenvalue weighted by molar-refractivity contribution is -0.121. The summed E-state index contributed by atoms with van der Waals surface area (Å²) >= 11 is 0. The standard InChI is InChI=1S/C21H26FN3O4S/c1-14-12-18(9-10-19(14)22)30(27,28)24-13-21(26)25-16-5-7-17(8-6-16)29-20-4-3-11-23-15(20)2/h3-4,9-12,16-17,24H,5-8,13H2,1-2H3,(H,25,26). The summed E-state index contributed by atoms with van der Waals surface area (Å²) in [4.78, 5) is 16.3. The zero-order valence-corrected chi connectivity index (χ0v) is 17.8. The summed E-state index contributed by atoms with van der Waals surface area (Å²) in [6.45, 7) is 3.01. The minimum atomic E-state index is -3.89. The number of ether oxygens (including phenoxy) is 1. The van der Waals surface area contributed by atoms with Crippen LogP contribution in [0.25, 0.3) is 0 Å². The van der Waals surface area contributed by atoms with Crippen molar-refractivity contribution in [3.05, 3.63) is 53.6 Å². The third-order valence-electron chi connectivity index (χ3n) is 5.15. The molecule has 0 spiro atoms. The van der Waals surface area contributed by atoms with Gasteiger partial charge in [-0.05, 0) is 75.4 Å². The number of amides is 1. The number of aryl methyl sites for hydroxylation is 2. The maximum absolute atomic E-state index is 13.3. The van der Waals surface area contributed by atoms with Gasteiger partial charge in [-0.15, -0.1) is 0 Å².